The van der Waals surface area contributed by atoms with Crippen LogP contribution in [-0.4, -0.2) is 47.9 Å². The minimum atomic E-state index is -0.632. The number of aryl methyl sites for hydroxylation is 1. The van der Waals surface area contributed by atoms with Crippen LogP contribution in [0.4, 0.5) is 5.69 Å². The maximum Gasteiger partial charge on any atom is 0.295 e. The van der Waals surface area contributed by atoms with Crippen LogP contribution in [0, 0.1) is 0 Å². The summed E-state index contributed by atoms with van der Waals surface area (Å²) in [6.45, 7) is 9.11. The molecule has 0 bridgehead atoms. The molecule has 174 valence electrons. The van der Waals surface area contributed by atoms with E-state index < -0.39 is 17.7 Å². The maximum atomic E-state index is 13.1. The van der Waals surface area contributed by atoms with Gasteiger partial charge in [0.15, 0.2) is 0 Å². The third kappa shape index (κ3) is 4.22. The minimum Gasteiger partial charge on any atom is -0.507 e. The molecule has 0 radical (unpaired) electrons. The Bertz CT molecular complexity index is 1070. The molecule has 1 fully saturated rings. The third-order valence-electron chi connectivity index (χ3n) is 6.52. The summed E-state index contributed by atoms with van der Waals surface area (Å²) in [4.78, 5) is 29.9. The van der Waals surface area contributed by atoms with Gasteiger partial charge in [0.1, 0.15) is 11.5 Å². The van der Waals surface area contributed by atoms with Crippen molar-refractivity contribution in [3.63, 3.8) is 0 Å². The molecule has 0 aromatic heterocycles. The summed E-state index contributed by atoms with van der Waals surface area (Å²) in [5.74, 6) is -0.504. The Labute approximate surface area is 195 Å². The number of ether oxygens (including phenoxy) is 1. The van der Waals surface area contributed by atoms with Crippen LogP contribution in [0.15, 0.2) is 48.0 Å². The van der Waals surface area contributed by atoms with Gasteiger partial charge in [0, 0.05) is 30.9 Å². The predicted octanol–water partition coefficient (Wildman–Crippen LogP) is 4.69. The second kappa shape index (κ2) is 9.69. The number of nitrogens with zero attached hydrogens (tertiary/aromatic N) is 2. The standard InChI is InChI=1S/C27H32N2O4/c1-4-15-29-24(18-9-12-21(13-10-18)28(5-2)6-3)23(26(31)27(29)32)25(30)20-11-14-22-19(17-20)8-7-16-33-22/h9-14,17,24,30H,4-8,15-16H2,1-3H3/b25-23-. The molecule has 1 unspecified atom stereocenters. The van der Waals surface area contributed by atoms with E-state index in [9.17, 15) is 14.7 Å². The number of amides is 1. The monoisotopic (exact) mass is 448 g/mol. The number of anilines is 1. The molecule has 1 N–H and O–H groups in total. The topological polar surface area (TPSA) is 70.1 Å². The third-order valence-corrected chi connectivity index (χ3v) is 6.52. The van der Waals surface area contributed by atoms with Crippen molar-refractivity contribution in [1.29, 1.82) is 0 Å². The van der Waals surface area contributed by atoms with Crippen molar-refractivity contribution in [1.82, 2.24) is 4.90 Å². The van der Waals surface area contributed by atoms with Crippen molar-refractivity contribution in [2.24, 2.45) is 0 Å². The van der Waals surface area contributed by atoms with E-state index in [2.05, 4.69) is 18.7 Å². The van der Waals surface area contributed by atoms with Crippen molar-refractivity contribution in [2.45, 2.75) is 46.1 Å². The van der Waals surface area contributed by atoms with Crippen LogP contribution in [-0.2, 0) is 16.0 Å². The molecule has 1 atom stereocenters. The molecule has 4 rings (SSSR count). The summed E-state index contributed by atoms with van der Waals surface area (Å²) in [5, 5.41) is 11.3. The highest BCUT2D eigenvalue weighted by atomic mass is 16.5. The van der Waals surface area contributed by atoms with Crippen LogP contribution in [0.2, 0.25) is 0 Å². The number of aliphatic hydroxyl groups is 1. The summed E-state index contributed by atoms with van der Waals surface area (Å²) in [7, 11) is 0. The fourth-order valence-electron chi connectivity index (χ4n) is 4.82. The average molecular weight is 449 g/mol. The summed E-state index contributed by atoms with van der Waals surface area (Å²) in [6, 6.07) is 12.8. The molecule has 2 aromatic carbocycles. The molecule has 2 heterocycles. The highest BCUT2D eigenvalue weighted by Gasteiger charge is 2.45. The number of Topliss-reactive ketones (excluding diaryl/α,β-unsaturated/α-hetero) is 1. The molecule has 2 aliphatic heterocycles. The number of ketones is 1. The first-order valence-electron chi connectivity index (χ1n) is 11.9. The van der Waals surface area contributed by atoms with Gasteiger partial charge in [-0.3, -0.25) is 9.59 Å². The van der Waals surface area contributed by atoms with Crippen molar-refractivity contribution in [3.05, 3.63) is 64.7 Å². The second-order valence-electron chi connectivity index (χ2n) is 8.53. The van der Waals surface area contributed by atoms with Crippen molar-refractivity contribution in [2.75, 3.05) is 31.1 Å². The largest absolute Gasteiger partial charge is 0.507 e. The minimum absolute atomic E-state index is 0.127. The van der Waals surface area contributed by atoms with E-state index in [0.29, 0.717) is 18.7 Å². The number of hydrogen-bond donors (Lipinski definition) is 1. The van der Waals surface area contributed by atoms with E-state index in [4.69, 9.17) is 4.74 Å². The van der Waals surface area contributed by atoms with E-state index in [-0.39, 0.29) is 11.3 Å². The molecular formula is C27H32N2O4. The molecule has 1 saturated heterocycles. The Morgan fingerprint density at radius 3 is 2.48 bits per heavy atom. The number of benzene rings is 2. The first kappa shape index (κ1) is 22.9. The van der Waals surface area contributed by atoms with Gasteiger partial charge in [-0.15, -0.1) is 0 Å². The Kier molecular flexibility index (Phi) is 6.72. The first-order valence-corrected chi connectivity index (χ1v) is 11.9. The van der Waals surface area contributed by atoms with Crippen LogP contribution in [0.5, 0.6) is 5.75 Å². The quantitative estimate of drug-likeness (QED) is 0.378. The molecule has 2 aromatic rings. The van der Waals surface area contributed by atoms with Crippen LogP contribution in [0.1, 0.15) is 56.3 Å². The highest BCUT2D eigenvalue weighted by Crippen LogP contribution is 2.40. The molecule has 1 amide bonds. The fourth-order valence-corrected chi connectivity index (χ4v) is 4.82. The zero-order chi connectivity index (χ0) is 23.5. The smallest absolute Gasteiger partial charge is 0.295 e. The molecule has 0 saturated carbocycles. The van der Waals surface area contributed by atoms with E-state index in [1.54, 1.807) is 11.0 Å². The van der Waals surface area contributed by atoms with Gasteiger partial charge >= 0.3 is 0 Å². The predicted molar refractivity (Wildman–Crippen MR) is 130 cm³/mol. The normalized spacial score (nSPS) is 19.4. The molecular weight excluding hydrogens is 416 g/mol. The SMILES string of the molecule is CCCN1C(=O)C(=O)/C(=C(\O)c2ccc3c(c2)CCCO3)C1c1ccc(N(CC)CC)cc1. The van der Waals surface area contributed by atoms with Crippen molar-refractivity contribution < 1.29 is 19.4 Å². The molecule has 0 aliphatic carbocycles. The number of likely N-dealkylation sites (tertiary alicyclic amines) is 1. The Balaban J connectivity index is 1.79. The number of carbonyl (C=O) groups excluding carboxylic acids is 2. The van der Waals surface area contributed by atoms with Gasteiger partial charge in [0.05, 0.1) is 18.2 Å². The fraction of sp³-hybridized carbons (Fsp3) is 0.407. The summed E-state index contributed by atoms with van der Waals surface area (Å²) >= 11 is 0. The van der Waals surface area contributed by atoms with Gasteiger partial charge in [0.25, 0.3) is 11.7 Å². The average Bonchev–Trinajstić information content (AvgIpc) is 3.10. The number of aliphatic hydroxyl groups excluding tert-OH is 1. The van der Waals surface area contributed by atoms with Crippen LogP contribution < -0.4 is 9.64 Å². The lowest BCUT2D eigenvalue weighted by Gasteiger charge is -2.26. The van der Waals surface area contributed by atoms with Crippen molar-refractivity contribution in [3.8, 4) is 5.75 Å². The Morgan fingerprint density at radius 1 is 1.09 bits per heavy atom. The van der Waals surface area contributed by atoms with Gasteiger partial charge in [-0.1, -0.05) is 19.1 Å². The van der Waals surface area contributed by atoms with Gasteiger partial charge in [-0.05, 0) is 74.6 Å². The number of hydrogen-bond acceptors (Lipinski definition) is 5. The van der Waals surface area contributed by atoms with Crippen LogP contribution in [0.3, 0.4) is 0 Å². The van der Waals surface area contributed by atoms with E-state index >= 15 is 0 Å². The Hall–Kier alpha value is -3.28. The van der Waals surface area contributed by atoms with Gasteiger partial charge in [0.2, 0.25) is 0 Å². The summed E-state index contributed by atoms with van der Waals surface area (Å²) < 4.78 is 5.68. The Morgan fingerprint density at radius 2 is 1.82 bits per heavy atom. The van der Waals surface area contributed by atoms with Crippen LogP contribution in [0.25, 0.3) is 5.76 Å². The van der Waals surface area contributed by atoms with Gasteiger partial charge in [-0.25, -0.2) is 0 Å². The number of fused-ring (bicyclic) bond motifs is 1. The zero-order valence-electron chi connectivity index (χ0n) is 19.6. The lowest BCUT2D eigenvalue weighted by molar-refractivity contribution is -0.139. The van der Waals surface area contributed by atoms with E-state index in [0.717, 1.165) is 54.9 Å². The van der Waals surface area contributed by atoms with E-state index in [1.807, 2.05) is 43.3 Å². The second-order valence-corrected chi connectivity index (χ2v) is 8.53. The lowest BCUT2D eigenvalue weighted by Crippen LogP contribution is -2.30. The molecule has 6 nitrogen and oxygen atoms in total. The highest BCUT2D eigenvalue weighted by molar-refractivity contribution is 6.46. The van der Waals surface area contributed by atoms with Crippen LogP contribution >= 0.6 is 0 Å². The molecule has 6 heteroatoms. The lowest BCUT2D eigenvalue weighted by atomic mass is 9.93. The summed E-state index contributed by atoms with van der Waals surface area (Å²) in [6.07, 6.45) is 2.49. The van der Waals surface area contributed by atoms with Gasteiger partial charge in [-0.2, -0.15) is 0 Å². The van der Waals surface area contributed by atoms with Crippen molar-refractivity contribution >= 4 is 23.1 Å². The first-order chi connectivity index (χ1) is 16.0. The summed E-state index contributed by atoms with van der Waals surface area (Å²) in [5.41, 5.74) is 3.61. The number of carbonyl (C=O) groups is 2. The van der Waals surface area contributed by atoms with Gasteiger partial charge < -0.3 is 19.6 Å². The number of rotatable bonds is 7. The van der Waals surface area contributed by atoms with E-state index in [1.165, 1.54) is 0 Å². The molecule has 2 aliphatic rings. The maximum absolute atomic E-state index is 13.1. The molecule has 33 heavy (non-hydrogen) atoms. The molecule has 0 spiro atoms. The zero-order valence-corrected chi connectivity index (χ0v) is 19.6.